The minimum absolute atomic E-state index is 0.114. The Bertz CT molecular complexity index is 1180. The Morgan fingerprint density at radius 1 is 0.919 bits per heavy atom. The summed E-state index contributed by atoms with van der Waals surface area (Å²) in [5.74, 6) is 0.125. The average Bonchev–Trinajstić information content (AvgIpc) is 3.46. The van der Waals surface area contributed by atoms with Crippen LogP contribution >= 0.6 is 0 Å². The molecule has 0 unspecified atom stereocenters. The van der Waals surface area contributed by atoms with Crippen molar-refractivity contribution in [2.45, 2.75) is 31.7 Å². The van der Waals surface area contributed by atoms with E-state index in [1.54, 1.807) is 0 Å². The van der Waals surface area contributed by atoms with Crippen molar-refractivity contribution in [2.75, 3.05) is 31.5 Å². The van der Waals surface area contributed by atoms with Gasteiger partial charge in [0.2, 0.25) is 18.1 Å². The van der Waals surface area contributed by atoms with Gasteiger partial charge in [-0.3, -0.25) is 4.79 Å². The highest BCUT2D eigenvalue weighted by Crippen LogP contribution is 2.21. The number of likely N-dealkylation sites (tertiary alicyclic amines) is 1. The standard InChI is InChI=1S/C30H34N6O/c31-23-33-30(34-27-16-14-26(15-17-27)25-12-5-2-6-13-25)35-28(22-24-10-3-1-4-11-24)29(37)32-18-9-21-36-19-7-8-20-36/h1-6,10-17,28H,7-9,18-22H2,(H,32,37)(H2,33,34,35)/t28-/m1/s1. The number of carbonyl (C=O) groups is 1. The molecule has 0 aromatic heterocycles. The first-order chi connectivity index (χ1) is 18.2. The summed E-state index contributed by atoms with van der Waals surface area (Å²) < 4.78 is 0. The summed E-state index contributed by atoms with van der Waals surface area (Å²) in [6, 6.07) is 27.3. The molecule has 4 rings (SSSR count). The number of hydrogen-bond acceptors (Lipinski definition) is 4. The molecule has 1 aliphatic rings. The van der Waals surface area contributed by atoms with Crippen LogP contribution < -0.4 is 16.0 Å². The van der Waals surface area contributed by atoms with Crippen LogP contribution in [0.25, 0.3) is 11.1 Å². The van der Waals surface area contributed by atoms with Gasteiger partial charge in [0.25, 0.3) is 0 Å². The molecule has 1 atom stereocenters. The molecule has 0 spiro atoms. The largest absolute Gasteiger partial charge is 0.354 e. The second kappa shape index (κ2) is 13.8. The first-order valence-corrected chi connectivity index (χ1v) is 12.9. The van der Waals surface area contributed by atoms with E-state index in [0.717, 1.165) is 48.4 Å². The number of nitriles is 1. The maximum absolute atomic E-state index is 13.2. The van der Waals surface area contributed by atoms with Gasteiger partial charge in [-0.15, -0.1) is 4.99 Å². The lowest BCUT2D eigenvalue weighted by Gasteiger charge is -2.21. The molecule has 190 valence electrons. The topological polar surface area (TPSA) is 92.5 Å². The van der Waals surface area contributed by atoms with Crippen molar-refractivity contribution in [1.29, 1.82) is 5.26 Å². The normalized spacial score (nSPS) is 14.5. The van der Waals surface area contributed by atoms with Crippen molar-refractivity contribution in [1.82, 2.24) is 15.5 Å². The molecule has 3 N–H and O–H groups in total. The van der Waals surface area contributed by atoms with Crippen LogP contribution in [0, 0.1) is 11.5 Å². The molecule has 3 aromatic carbocycles. The number of benzene rings is 3. The van der Waals surface area contributed by atoms with Gasteiger partial charge in [0, 0.05) is 18.7 Å². The van der Waals surface area contributed by atoms with Crippen LogP contribution in [0.3, 0.4) is 0 Å². The Hall–Kier alpha value is -4.15. The van der Waals surface area contributed by atoms with Crippen LogP contribution in [-0.4, -0.2) is 49.0 Å². The van der Waals surface area contributed by atoms with E-state index in [0.29, 0.717) is 13.0 Å². The zero-order chi connectivity index (χ0) is 25.7. The van der Waals surface area contributed by atoms with Crippen molar-refractivity contribution in [3.8, 4) is 17.3 Å². The van der Waals surface area contributed by atoms with Crippen LogP contribution in [0.2, 0.25) is 0 Å². The lowest BCUT2D eigenvalue weighted by Crippen LogP contribution is -2.50. The minimum Gasteiger partial charge on any atom is -0.354 e. The van der Waals surface area contributed by atoms with Crippen molar-refractivity contribution >= 4 is 17.6 Å². The van der Waals surface area contributed by atoms with Gasteiger partial charge in [0.15, 0.2) is 0 Å². The molecule has 0 aliphatic carbocycles. The predicted molar refractivity (Wildman–Crippen MR) is 149 cm³/mol. The molecule has 1 heterocycles. The van der Waals surface area contributed by atoms with Crippen LogP contribution in [-0.2, 0) is 11.2 Å². The predicted octanol–water partition coefficient (Wildman–Crippen LogP) is 4.41. The number of rotatable bonds is 10. The third-order valence-corrected chi connectivity index (χ3v) is 6.48. The summed E-state index contributed by atoms with van der Waals surface area (Å²) >= 11 is 0. The number of nitrogens with zero attached hydrogens (tertiary/aromatic N) is 3. The van der Waals surface area contributed by atoms with Gasteiger partial charge in [-0.05, 0) is 67.7 Å². The van der Waals surface area contributed by atoms with E-state index in [1.807, 2.05) is 79.0 Å². The third kappa shape index (κ3) is 8.19. The van der Waals surface area contributed by atoms with Crippen LogP contribution in [0.5, 0.6) is 0 Å². The summed E-state index contributed by atoms with van der Waals surface area (Å²) in [6.45, 7) is 3.91. The first-order valence-electron chi connectivity index (χ1n) is 12.9. The fourth-order valence-electron chi connectivity index (χ4n) is 4.53. The van der Waals surface area contributed by atoms with Crippen LogP contribution in [0.4, 0.5) is 5.69 Å². The maximum atomic E-state index is 13.2. The Kier molecular flexibility index (Phi) is 9.68. The zero-order valence-electron chi connectivity index (χ0n) is 21.1. The number of amides is 1. The van der Waals surface area contributed by atoms with Gasteiger partial charge in [-0.1, -0.05) is 72.8 Å². The summed E-state index contributed by atoms with van der Waals surface area (Å²) in [6.07, 6.45) is 5.75. The maximum Gasteiger partial charge on any atom is 0.242 e. The van der Waals surface area contributed by atoms with E-state index < -0.39 is 6.04 Å². The molecule has 1 saturated heterocycles. The molecule has 0 saturated carbocycles. The second-order valence-corrected chi connectivity index (χ2v) is 9.21. The fraction of sp³-hybridized carbons (Fsp3) is 0.300. The molecule has 7 nitrogen and oxygen atoms in total. The van der Waals surface area contributed by atoms with Crippen molar-refractivity contribution in [3.05, 3.63) is 90.5 Å². The number of hydrogen-bond donors (Lipinski definition) is 3. The number of anilines is 1. The average molecular weight is 495 g/mol. The molecule has 7 heteroatoms. The third-order valence-electron chi connectivity index (χ3n) is 6.48. The van der Waals surface area contributed by atoms with E-state index >= 15 is 0 Å². The van der Waals surface area contributed by atoms with Crippen molar-refractivity contribution < 1.29 is 4.79 Å². The highest BCUT2D eigenvalue weighted by molar-refractivity contribution is 5.97. The van der Waals surface area contributed by atoms with E-state index in [2.05, 4.69) is 38.0 Å². The summed E-state index contributed by atoms with van der Waals surface area (Å²) in [4.78, 5) is 19.6. The highest BCUT2D eigenvalue weighted by atomic mass is 16.2. The molecule has 37 heavy (non-hydrogen) atoms. The molecular formula is C30H34N6O. The number of guanidine groups is 1. The van der Waals surface area contributed by atoms with Crippen LogP contribution in [0.15, 0.2) is 89.9 Å². The number of aliphatic imine (C=N–C) groups is 1. The minimum atomic E-state index is -0.586. The number of carbonyl (C=O) groups excluding carboxylic acids is 1. The monoisotopic (exact) mass is 494 g/mol. The lowest BCUT2D eigenvalue weighted by atomic mass is 10.1. The Labute approximate surface area is 219 Å². The fourth-order valence-corrected chi connectivity index (χ4v) is 4.53. The summed E-state index contributed by atoms with van der Waals surface area (Å²) in [5, 5.41) is 18.7. The highest BCUT2D eigenvalue weighted by Gasteiger charge is 2.21. The van der Waals surface area contributed by atoms with Gasteiger partial charge in [0.05, 0.1) is 0 Å². The Balaban J connectivity index is 1.40. The molecule has 0 radical (unpaired) electrons. The molecule has 1 amide bonds. The molecular weight excluding hydrogens is 460 g/mol. The summed E-state index contributed by atoms with van der Waals surface area (Å²) in [5.41, 5.74) is 4.01. The van der Waals surface area contributed by atoms with E-state index in [1.165, 1.54) is 12.8 Å². The SMILES string of the molecule is N#C/N=C(\Nc1ccc(-c2ccccc2)cc1)N[C@H](Cc1ccccc1)C(=O)NCCCN1CCCC1. The Morgan fingerprint density at radius 3 is 2.24 bits per heavy atom. The quantitative estimate of drug-likeness (QED) is 0.168. The van der Waals surface area contributed by atoms with Crippen LogP contribution in [0.1, 0.15) is 24.8 Å². The first kappa shape index (κ1) is 25.9. The van der Waals surface area contributed by atoms with Crippen molar-refractivity contribution in [3.63, 3.8) is 0 Å². The zero-order valence-corrected chi connectivity index (χ0v) is 21.1. The van der Waals surface area contributed by atoms with Crippen molar-refractivity contribution in [2.24, 2.45) is 4.99 Å². The van der Waals surface area contributed by atoms with Gasteiger partial charge in [0.1, 0.15) is 6.04 Å². The Morgan fingerprint density at radius 2 is 1.57 bits per heavy atom. The molecule has 0 bridgehead atoms. The van der Waals surface area contributed by atoms with E-state index in [4.69, 9.17) is 0 Å². The number of nitrogens with one attached hydrogen (secondary N) is 3. The van der Waals surface area contributed by atoms with Gasteiger partial charge >= 0.3 is 0 Å². The van der Waals surface area contributed by atoms with Gasteiger partial charge in [-0.25, -0.2) is 0 Å². The summed E-state index contributed by atoms with van der Waals surface area (Å²) in [7, 11) is 0. The van der Waals surface area contributed by atoms with Gasteiger partial charge in [-0.2, -0.15) is 5.26 Å². The van der Waals surface area contributed by atoms with E-state index in [-0.39, 0.29) is 11.9 Å². The lowest BCUT2D eigenvalue weighted by molar-refractivity contribution is -0.122. The molecule has 1 aliphatic heterocycles. The van der Waals surface area contributed by atoms with Gasteiger partial charge < -0.3 is 20.9 Å². The smallest absolute Gasteiger partial charge is 0.242 e. The second-order valence-electron chi connectivity index (χ2n) is 9.21. The van der Waals surface area contributed by atoms with E-state index in [9.17, 15) is 10.1 Å². The molecule has 1 fully saturated rings. The molecule has 3 aromatic rings.